The third kappa shape index (κ3) is 2.61. The van der Waals surface area contributed by atoms with Crippen molar-refractivity contribution in [2.45, 2.75) is 0 Å². The van der Waals surface area contributed by atoms with Crippen LogP contribution in [0, 0.1) is 5.82 Å². The third-order valence-electron chi connectivity index (χ3n) is 2.88. The lowest BCUT2D eigenvalue weighted by Gasteiger charge is -2.29. The highest BCUT2D eigenvalue weighted by Gasteiger charge is 2.23. The van der Waals surface area contributed by atoms with Crippen molar-refractivity contribution in [2.75, 3.05) is 29.5 Å². The summed E-state index contributed by atoms with van der Waals surface area (Å²) < 4.78 is 36.2. The van der Waals surface area contributed by atoms with Gasteiger partial charge in [0.05, 0.1) is 22.8 Å². The number of hydrogen-bond acceptors (Lipinski definition) is 4. The molecule has 18 heavy (non-hydrogen) atoms. The van der Waals surface area contributed by atoms with Crippen molar-refractivity contribution in [1.29, 1.82) is 0 Å². The molecule has 0 radical (unpaired) electrons. The van der Waals surface area contributed by atoms with Crippen LogP contribution in [0.4, 0.5) is 10.1 Å². The van der Waals surface area contributed by atoms with E-state index in [1.165, 1.54) is 12.1 Å². The maximum absolute atomic E-state index is 13.7. The van der Waals surface area contributed by atoms with Crippen molar-refractivity contribution >= 4 is 21.5 Å². The van der Waals surface area contributed by atoms with Crippen LogP contribution < -0.4 is 4.90 Å². The van der Waals surface area contributed by atoms with E-state index >= 15 is 0 Å². The molecule has 0 aromatic heterocycles. The number of benzene rings is 1. The van der Waals surface area contributed by atoms with Crippen LogP contribution in [0.2, 0.25) is 0 Å². The quantitative estimate of drug-likeness (QED) is 0.861. The Morgan fingerprint density at radius 1 is 1.28 bits per heavy atom. The maximum Gasteiger partial charge on any atom is 0.335 e. The van der Waals surface area contributed by atoms with Gasteiger partial charge < -0.3 is 10.0 Å². The molecule has 98 valence electrons. The fourth-order valence-electron chi connectivity index (χ4n) is 1.85. The molecule has 0 bridgehead atoms. The molecule has 7 heteroatoms. The van der Waals surface area contributed by atoms with E-state index in [1.54, 1.807) is 4.90 Å². The lowest BCUT2D eigenvalue weighted by Crippen LogP contribution is -2.40. The van der Waals surface area contributed by atoms with Crippen molar-refractivity contribution in [2.24, 2.45) is 0 Å². The Bertz CT molecular complexity index is 571. The number of carboxylic acids is 1. The summed E-state index contributed by atoms with van der Waals surface area (Å²) in [5.41, 5.74) is 0.121. The average molecular weight is 273 g/mol. The van der Waals surface area contributed by atoms with Crippen LogP contribution in [-0.4, -0.2) is 44.1 Å². The summed E-state index contributed by atoms with van der Waals surface area (Å²) in [6.45, 7) is 0.456. The summed E-state index contributed by atoms with van der Waals surface area (Å²) in [6, 6.07) is 3.63. The SMILES string of the molecule is O=C(O)c1ccc(N2CCS(=O)(=O)CC2)c(F)c1. The van der Waals surface area contributed by atoms with Crippen molar-refractivity contribution in [3.05, 3.63) is 29.6 Å². The van der Waals surface area contributed by atoms with Gasteiger partial charge in [-0.15, -0.1) is 0 Å². The molecule has 1 aromatic carbocycles. The number of halogens is 1. The summed E-state index contributed by atoms with van der Waals surface area (Å²) in [5, 5.41) is 8.72. The number of aromatic carboxylic acids is 1. The first-order valence-corrected chi connectivity index (χ1v) is 7.19. The first-order chi connectivity index (χ1) is 8.39. The number of sulfone groups is 1. The van der Waals surface area contributed by atoms with Gasteiger partial charge in [0.1, 0.15) is 5.82 Å². The smallest absolute Gasteiger partial charge is 0.335 e. The summed E-state index contributed by atoms with van der Waals surface area (Å²) in [7, 11) is -3.02. The van der Waals surface area contributed by atoms with Gasteiger partial charge in [0, 0.05) is 13.1 Å². The summed E-state index contributed by atoms with van der Waals surface area (Å²) in [5.74, 6) is -1.85. The summed E-state index contributed by atoms with van der Waals surface area (Å²) in [6.07, 6.45) is 0. The summed E-state index contributed by atoms with van der Waals surface area (Å²) >= 11 is 0. The Kier molecular flexibility index (Phi) is 3.25. The Balaban J connectivity index is 2.22. The molecule has 2 rings (SSSR count). The fraction of sp³-hybridized carbons (Fsp3) is 0.364. The van der Waals surface area contributed by atoms with Crippen LogP contribution >= 0.6 is 0 Å². The number of carboxylic acid groups (broad SMARTS) is 1. The highest BCUT2D eigenvalue weighted by molar-refractivity contribution is 7.91. The molecule has 0 unspecified atom stereocenters. The van der Waals surface area contributed by atoms with Gasteiger partial charge in [-0.05, 0) is 18.2 Å². The first kappa shape index (κ1) is 12.8. The number of anilines is 1. The Hall–Kier alpha value is -1.63. The highest BCUT2D eigenvalue weighted by Crippen LogP contribution is 2.22. The standard InChI is InChI=1S/C11H12FNO4S/c12-9-7-8(11(14)15)1-2-10(9)13-3-5-18(16,17)6-4-13/h1-2,7H,3-6H2,(H,14,15). The van der Waals surface area contributed by atoms with Crippen molar-refractivity contribution in [3.8, 4) is 0 Å². The van der Waals surface area contributed by atoms with E-state index in [2.05, 4.69) is 0 Å². The predicted molar refractivity (Wildman–Crippen MR) is 64.2 cm³/mol. The van der Waals surface area contributed by atoms with E-state index in [4.69, 9.17) is 5.11 Å². The Morgan fingerprint density at radius 2 is 1.89 bits per heavy atom. The number of rotatable bonds is 2. The van der Waals surface area contributed by atoms with Gasteiger partial charge in [0.15, 0.2) is 9.84 Å². The minimum atomic E-state index is -3.02. The number of carbonyl (C=O) groups is 1. The zero-order chi connectivity index (χ0) is 13.3. The van der Waals surface area contributed by atoms with Gasteiger partial charge in [-0.3, -0.25) is 0 Å². The molecule has 1 aliphatic heterocycles. The second-order valence-electron chi connectivity index (χ2n) is 4.11. The van der Waals surface area contributed by atoms with Crippen LogP contribution in [-0.2, 0) is 9.84 Å². The largest absolute Gasteiger partial charge is 0.478 e. The summed E-state index contributed by atoms with van der Waals surface area (Å²) in [4.78, 5) is 12.3. The molecule has 5 nitrogen and oxygen atoms in total. The van der Waals surface area contributed by atoms with Gasteiger partial charge in [-0.25, -0.2) is 17.6 Å². The van der Waals surface area contributed by atoms with Gasteiger partial charge in [-0.1, -0.05) is 0 Å². The second-order valence-corrected chi connectivity index (χ2v) is 6.41. The fourth-order valence-corrected chi connectivity index (χ4v) is 3.05. The van der Waals surface area contributed by atoms with E-state index in [0.717, 1.165) is 6.07 Å². The molecule has 0 saturated carbocycles. The van der Waals surface area contributed by atoms with Crippen molar-refractivity contribution in [3.63, 3.8) is 0 Å². The average Bonchev–Trinajstić information content (AvgIpc) is 2.29. The molecule has 0 atom stereocenters. The molecule has 0 spiro atoms. The molecule has 0 aliphatic carbocycles. The molecule has 1 fully saturated rings. The zero-order valence-electron chi connectivity index (χ0n) is 9.47. The Morgan fingerprint density at radius 3 is 2.39 bits per heavy atom. The normalized spacial score (nSPS) is 18.6. The Labute approximate surface area is 104 Å². The van der Waals surface area contributed by atoms with Crippen LogP contribution in [0.1, 0.15) is 10.4 Å². The van der Waals surface area contributed by atoms with E-state index in [-0.39, 0.29) is 35.8 Å². The molecule has 1 heterocycles. The van der Waals surface area contributed by atoms with Crippen LogP contribution in [0.5, 0.6) is 0 Å². The van der Waals surface area contributed by atoms with Gasteiger partial charge in [-0.2, -0.15) is 0 Å². The van der Waals surface area contributed by atoms with E-state index in [0.29, 0.717) is 0 Å². The van der Waals surface area contributed by atoms with E-state index in [9.17, 15) is 17.6 Å². The minimum absolute atomic E-state index is 0.00682. The third-order valence-corrected chi connectivity index (χ3v) is 4.49. The van der Waals surface area contributed by atoms with E-state index < -0.39 is 21.6 Å². The maximum atomic E-state index is 13.7. The van der Waals surface area contributed by atoms with Crippen LogP contribution in [0.25, 0.3) is 0 Å². The van der Waals surface area contributed by atoms with Gasteiger partial charge in [0.2, 0.25) is 0 Å². The number of hydrogen-bond donors (Lipinski definition) is 1. The van der Waals surface area contributed by atoms with Crippen LogP contribution in [0.3, 0.4) is 0 Å². The van der Waals surface area contributed by atoms with Crippen LogP contribution in [0.15, 0.2) is 18.2 Å². The molecular formula is C11H12FNO4S. The monoisotopic (exact) mass is 273 g/mol. The van der Waals surface area contributed by atoms with Gasteiger partial charge >= 0.3 is 5.97 Å². The topological polar surface area (TPSA) is 74.7 Å². The molecular weight excluding hydrogens is 261 g/mol. The number of nitrogens with zero attached hydrogens (tertiary/aromatic N) is 1. The zero-order valence-corrected chi connectivity index (χ0v) is 10.3. The molecule has 1 saturated heterocycles. The minimum Gasteiger partial charge on any atom is -0.478 e. The van der Waals surface area contributed by atoms with E-state index in [1.807, 2.05) is 0 Å². The lowest BCUT2D eigenvalue weighted by molar-refractivity contribution is 0.0696. The molecule has 1 N–H and O–H groups in total. The van der Waals surface area contributed by atoms with Crippen molar-refractivity contribution in [1.82, 2.24) is 0 Å². The predicted octanol–water partition coefficient (Wildman–Crippen LogP) is 0.759. The molecule has 1 aliphatic rings. The molecule has 0 amide bonds. The molecule has 1 aromatic rings. The highest BCUT2D eigenvalue weighted by atomic mass is 32.2. The van der Waals surface area contributed by atoms with Crippen molar-refractivity contribution < 1.29 is 22.7 Å². The van der Waals surface area contributed by atoms with Gasteiger partial charge in [0.25, 0.3) is 0 Å². The second kappa shape index (κ2) is 4.56. The lowest BCUT2D eigenvalue weighted by atomic mass is 10.2. The first-order valence-electron chi connectivity index (χ1n) is 5.37.